The Hall–Kier alpha value is -6.93. The van der Waals surface area contributed by atoms with Crippen LogP contribution in [-0.2, 0) is 30.3 Å². The number of nitrogens with zero attached hydrogens (tertiary/aromatic N) is 5. The molecular formula is C43H51F3N10O8. The molecule has 4 aromatic rings. The van der Waals surface area contributed by atoms with Crippen LogP contribution in [0.2, 0.25) is 0 Å². The highest BCUT2D eigenvalue weighted by molar-refractivity contribution is 6.02. The van der Waals surface area contributed by atoms with E-state index >= 15 is 0 Å². The van der Waals surface area contributed by atoms with Crippen LogP contribution in [0.5, 0.6) is 0 Å². The Morgan fingerprint density at radius 3 is 2.12 bits per heavy atom. The highest BCUT2D eigenvalue weighted by atomic mass is 19.4. The van der Waals surface area contributed by atoms with Crippen LogP contribution >= 0.6 is 0 Å². The van der Waals surface area contributed by atoms with Gasteiger partial charge in [0.1, 0.15) is 23.4 Å². The van der Waals surface area contributed by atoms with E-state index in [9.17, 15) is 37.1 Å². The van der Waals surface area contributed by atoms with Crippen molar-refractivity contribution in [1.29, 1.82) is 0 Å². The number of aromatic nitrogens is 5. The van der Waals surface area contributed by atoms with Crippen LogP contribution in [0.15, 0.2) is 60.7 Å². The number of halogens is 3. The quantitative estimate of drug-likeness (QED) is 0.114. The van der Waals surface area contributed by atoms with E-state index in [1.54, 1.807) is 30.3 Å². The molecule has 1 saturated heterocycles. The minimum atomic E-state index is -5.08. The molecule has 6 rings (SSSR count). The number of carboxylic acid groups (broad SMARTS) is 1. The van der Waals surface area contributed by atoms with Crippen LogP contribution in [0.4, 0.5) is 23.7 Å². The average Bonchev–Trinajstić information content (AvgIpc) is 3.79. The fourth-order valence-electron chi connectivity index (χ4n) is 7.37. The number of H-pyrrole nitrogens is 1. The Balaban J connectivity index is 0.00000102. The van der Waals surface area contributed by atoms with Crippen LogP contribution in [0, 0.1) is 18.8 Å². The predicted octanol–water partition coefficient (Wildman–Crippen LogP) is 4.64. The Morgan fingerprint density at radius 2 is 1.58 bits per heavy atom. The van der Waals surface area contributed by atoms with Gasteiger partial charge in [-0.1, -0.05) is 30.3 Å². The summed E-state index contributed by atoms with van der Waals surface area (Å²) in [6.45, 7) is 8.31. The van der Waals surface area contributed by atoms with Crippen LogP contribution < -0.4 is 26.6 Å². The van der Waals surface area contributed by atoms with Gasteiger partial charge in [0.25, 0.3) is 5.91 Å². The number of rotatable bonds is 12. The summed E-state index contributed by atoms with van der Waals surface area (Å²) in [5, 5.41) is 29.7. The van der Waals surface area contributed by atoms with Crippen LogP contribution in [0.3, 0.4) is 0 Å². The minimum Gasteiger partial charge on any atom is -0.475 e. The molecular weight excluding hydrogens is 842 g/mol. The van der Waals surface area contributed by atoms with Gasteiger partial charge in [-0.2, -0.15) is 18.4 Å². The topological polar surface area (TPSA) is 265 Å². The van der Waals surface area contributed by atoms with Crippen LogP contribution in [0.1, 0.15) is 81.0 Å². The van der Waals surface area contributed by atoms with Crippen LogP contribution in [-0.4, -0.2) is 103 Å². The molecule has 0 spiro atoms. The number of aromatic amines is 1. The van der Waals surface area contributed by atoms with Gasteiger partial charge >= 0.3 is 18.2 Å². The number of aryl methyl sites for hydroxylation is 1. The van der Waals surface area contributed by atoms with E-state index in [-0.39, 0.29) is 35.8 Å². The molecule has 21 heteroatoms. The lowest BCUT2D eigenvalue weighted by molar-refractivity contribution is -0.192. The van der Waals surface area contributed by atoms with Crippen molar-refractivity contribution >= 4 is 41.4 Å². The number of carbonyl (C=O) groups excluding carboxylic acids is 5. The third-order valence-electron chi connectivity index (χ3n) is 10.6. The number of pyridine rings is 1. The molecule has 0 unspecified atom stereocenters. The zero-order valence-electron chi connectivity index (χ0n) is 35.7. The van der Waals surface area contributed by atoms with E-state index in [1.165, 1.54) is 4.90 Å². The molecule has 2 aliphatic rings. The summed E-state index contributed by atoms with van der Waals surface area (Å²) in [6.07, 6.45) is -1.41. The molecule has 2 atom stereocenters. The van der Waals surface area contributed by atoms with Gasteiger partial charge in [-0.05, 0) is 119 Å². The molecule has 1 aliphatic carbocycles. The fourth-order valence-corrected chi connectivity index (χ4v) is 7.37. The second kappa shape index (κ2) is 21.0. The number of alkyl carbamates (subject to hydrolysis) is 1. The maximum Gasteiger partial charge on any atom is 0.490 e. The van der Waals surface area contributed by atoms with Crippen molar-refractivity contribution in [3.05, 3.63) is 77.6 Å². The highest BCUT2D eigenvalue weighted by Gasteiger charge is 2.39. The Labute approximate surface area is 366 Å². The Bertz CT molecular complexity index is 2280. The summed E-state index contributed by atoms with van der Waals surface area (Å²) < 4.78 is 37.1. The maximum absolute atomic E-state index is 14.5. The summed E-state index contributed by atoms with van der Waals surface area (Å²) in [6, 6.07) is 16.5. The Morgan fingerprint density at radius 1 is 0.938 bits per heavy atom. The third kappa shape index (κ3) is 13.3. The number of alkyl halides is 3. The van der Waals surface area contributed by atoms with Crippen molar-refractivity contribution < 1.29 is 51.8 Å². The van der Waals surface area contributed by atoms with Gasteiger partial charge in [0.2, 0.25) is 23.5 Å². The van der Waals surface area contributed by atoms with Crippen molar-refractivity contribution in [2.75, 3.05) is 18.0 Å². The van der Waals surface area contributed by atoms with E-state index < -0.39 is 47.7 Å². The number of hydrogen-bond acceptors (Lipinski definition) is 11. The molecule has 18 nitrogen and oxygen atoms in total. The number of piperidine rings is 1. The summed E-state index contributed by atoms with van der Waals surface area (Å²) in [5.41, 5.74) is 9.99. The lowest BCUT2D eigenvalue weighted by atomic mass is 9.81. The van der Waals surface area contributed by atoms with Gasteiger partial charge < -0.3 is 31.5 Å². The first-order chi connectivity index (χ1) is 30.2. The lowest BCUT2D eigenvalue weighted by Crippen LogP contribution is -2.52. The van der Waals surface area contributed by atoms with Gasteiger partial charge in [-0.15, -0.1) is 10.2 Å². The number of nitrogens with one attached hydrogen (secondary N) is 4. The molecule has 2 aromatic carbocycles. The van der Waals surface area contributed by atoms with Gasteiger partial charge in [-0.25, -0.2) is 14.6 Å². The van der Waals surface area contributed by atoms with Crippen molar-refractivity contribution in [2.24, 2.45) is 17.6 Å². The number of tetrazole rings is 1. The number of hydrogen-bond donors (Lipinski definition) is 6. The molecule has 64 heavy (non-hydrogen) atoms. The minimum absolute atomic E-state index is 0.161. The van der Waals surface area contributed by atoms with E-state index in [0.717, 1.165) is 36.0 Å². The summed E-state index contributed by atoms with van der Waals surface area (Å²) in [5.74, 6) is -3.99. The maximum atomic E-state index is 14.5. The van der Waals surface area contributed by atoms with Gasteiger partial charge in [-0.3, -0.25) is 24.1 Å². The monoisotopic (exact) mass is 892 g/mol. The van der Waals surface area contributed by atoms with E-state index in [0.29, 0.717) is 55.1 Å². The zero-order valence-corrected chi connectivity index (χ0v) is 35.7. The van der Waals surface area contributed by atoms with Crippen molar-refractivity contribution in [2.45, 2.75) is 96.5 Å². The van der Waals surface area contributed by atoms with E-state index in [2.05, 4.69) is 41.6 Å². The Kier molecular flexibility index (Phi) is 15.8. The van der Waals surface area contributed by atoms with Crippen molar-refractivity contribution in [1.82, 2.24) is 41.6 Å². The molecule has 5 amide bonds. The van der Waals surface area contributed by atoms with Crippen molar-refractivity contribution in [3.63, 3.8) is 0 Å². The van der Waals surface area contributed by atoms with Crippen molar-refractivity contribution in [3.8, 4) is 22.5 Å². The third-order valence-corrected chi connectivity index (χ3v) is 10.6. The predicted molar refractivity (Wildman–Crippen MR) is 225 cm³/mol. The zero-order chi connectivity index (χ0) is 46.8. The number of aliphatic carboxylic acids is 1. The molecule has 0 bridgehead atoms. The molecule has 7 N–H and O–H groups in total. The van der Waals surface area contributed by atoms with E-state index in [4.69, 9.17) is 20.4 Å². The largest absolute Gasteiger partial charge is 0.490 e. The number of carbonyl (C=O) groups is 6. The number of anilines is 1. The SMILES string of the molecule is Cc1nc(C(=O)N[C@H]2CCCNC2=O)ccc1-c1ccc(C[C@@H](C(N)=O)N(c2ccc(-c3nn[nH]n3)cc2)C(=O)[C@H]2CC[C@H](CNC(=O)OC(C)(C)C)CC2)cc1.O=C(O)C(F)(F)F. The average molecular weight is 893 g/mol. The standard InChI is InChI=1S/C41H50N10O6.C2HF3O2/c1-24-31(19-20-33(45-24)38(54)46-32-6-5-21-43-37(32)53)27-11-7-25(8-12-27)22-34(35(42)52)51(30-17-15-28(16-18-30)36-47-49-50-48-36)39(55)29-13-9-26(10-14-29)23-44-40(56)57-41(2,3)4;3-2(4,5)1(6)7/h7-8,11-12,15-20,26,29,32,34H,5-6,9-10,13-14,21-23H2,1-4H3,(H2,42,52)(H,43,53)(H,44,56)(H,46,54)(H,47,48,49,50);(H,6,7)/t26-,29-,32-,34-;/m0./s1. The molecule has 1 aliphatic heterocycles. The highest BCUT2D eigenvalue weighted by Crippen LogP contribution is 2.34. The smallest absolute Gasteiger partial charge is 0.475 e. The van der Waals surface area contributed by atoms with Gasteiger partial charge in [0.05, 0.1) is 0 Å². The number of primary amides is 1. The van der Waals surface area contributed by atoms with Gasteiger partial charge in [0.15, 0.2) is 0 Å². The molecule has 2 aromatic heterocycles. The molecule has 3 heterocycles. The second-order valence-electron chi connectivity index (χ2n) is 16.5. The van der Waals surface area contributed by atoms with Crippen LogP contribution in [0.25, 0.3) is 22.5 Å². The summed E-state index contributed by atoms with van der Waals surface area (Å²) in [4.78, 5) is 80.0. The number of carboxylic acids is 1. The van der Waals surface area contributed by atoms with E-state index in [1.807, 2.05) is 58.0 Å². The number of benzene rings is 2. The number of nitrogens with two attached hydrogens (primary N) is 1. The first-order valence-corrected chi connectivity index (χ1v) is 20.6. The summed E-state index contributed by atoms with van der Waals surface area (Å²) >= 11 is 0. The summed E-state index contributed by atoms with van der Waals surface area (Å²) in [7, 11) is 0. The molecule has 2 fully saturated rings. The fraction of sp³-hybridized carbons (Fsp3) is 0.442. The number of amides is 5. The normalized spacial score (nSPS) is 18.0. The number of ether oxygens (including phenoxy) is 1. The van der Waals surface area contributed by atoms with Gasteiger partial charge in [0, 0.05) is 47.9 Å². The molecule has 1 saturated carbocycles. The lowest BCUT2D eigenvalue weighted by Gasteiger charge is -2.36. The first kappa shape index (κ1) is 48.1. The first-order valence-electron chi connectivity index (χ1n) is 20.6. The molecule has 342 valence electrons. The second-order valence-corrected chi connectivity index (χ2v) is 16.5. The molecule has 0 radical (unpaired) electrons.